The Labute approximate surface area is 107 Å². The number of aryl methyl sites for hydroxylation is 2. The van der Waals surface area contributed by atoms with Gasteiger partial charge in [0.2, 0.25) is 0 Å². The highest BCUT2D eigenvalue weighted by Gasteiger charge is 2.09. The monoisotopic (exact) mass is 248 g/mol. The Morgan fingerprint density at radius 3 is 2.78 bits per heavy atom. The summed E-state index contributed by atoms with van der Waals surface area (Å²) in [4.78, 5) is 2.23. The van der Waals surface area contributed by atoms with E-state index in [0.29, 0.717) is 6.54 Å². The van der Waals surface area contributed by atoms with Crippen molar-refractivity contribution in [2.45, 2.75) is 26.6 Å². The first-order chi connectivity index (χ1) is 8.58. The Bertz CT molecular complexity index is 515. The van der Waals surface area contributed by atoms with Gasteiger partial charge < -0.3 is 10.2 Å². The predicted octanol–water partition coefficient (Wildman–Crippen LogP) is 1.41. The summed E-state index contributed by atoms with van der Waals surface area (Å²) in [7, 11) is 4.01. The number of furan rings is 1. The van der Waals surface area contributed by atoms with E-state index in [9.17, 15) is 0 Å². The highest BCUT2D eigenvalue weighted by Crippen LogP contribution is 2.16. The summed E-state index contributed by atoms with van der Waals surface area (Å²) in [5.74, 6) is 1.80. The number of hydrogen-bond donors (Lipinski definition) is 1. The lowest BCUT2D eigenvalue weighted by Gasteiger charge is -2.14. The number of hydrogen-bond acceptors (Lipinski definition) is 4. The second-order valence-corrected chi connectivity index (χ2v) is 4.69. The Balaban J connectivity index is 1.98. The van der Waals surface area contributed by atoms with E-state index in [0.717, 1.165) is 24.6 Å². The van der Waals surface area contributed by atoms with E-state index in [1.54, 1.807) is 0 Å². The van der Waals surface area contributed by atoms with Crippen LogP contribution in [-0.4, -0.2) is 21.7 Å². The fourth-order valence-electron chi connectivity index (χ4n) is 2.06. The molecule has 0 unspecified atom stereocenters. The van der Waals surface area contributed by atoms with Crippen LogP contribution in [0.25, 0.3) is 0 Å². The Kier molecular flexibility index (Phi) is 3.84. The van der Waals surface area contributed by atoms with Crippen molar-refractivity contribution < 1.29 is 4.42 Å². The van der Waals surface area contributed by atoms with E-state index in [1.165, 1.54) is 11.1 Å². The van der Waals surface area contributed by atoms with Gasteiger partial charge in [0.05, 0.1) is 12.7 Å². The number of rotatable bonds is 5. The van der Waals surface area contributed by atoms with Gasteiger partial charge in [-0.25, -0.2) is 0 Å². The normalized spacial score (nSPS) is 11.4. The molecule has 0 amide bonds. The van der Waals surface area contributed by atoms with Crippen LogP contribution in [0.1, 0.15) is 22.6 Å². The molecule has 18 heavy (non-hydrogen) atoms. The van der Waals surface area contributed by atoms with Gasteiger partial charge in [-0.2, -0.15) is 5.10 Å². The molecule has 0 aliphatic heterocycles. The minimum atomic E-state index is 0.452. The minimum absolute atomic E-state index is 0.452. The van der Waals surface area contributed by atoms with Crippen LogP contribution >= 0.6 is 0 Å². The standard InChI is InChI=1S/C13H20N4O/c1-10-12(4-13(5-14)18-10)9-16(2)7-11-6-15-17(3)8-11/h4,6,8H,5,7,9,14H2,1-3H3. The third-order valence-corrected chi connectivity index (χ3v) is 2.92. The summed E-state index contributed by atoms with van der Waals surface area (Å²) in [5.41, 5.74) is 7.98. The second kappa shape index (κ2) is 5.37. The van der Waals surface area contributed by atoms with Crippen LogP contribution in [0.5, 0.6) is 0 Å². The van der Waals surface area contributed by atoms with Crippen LogP contribution in [0.4, 0.5) is 0 Å². The summed E-state index contributed by atoms with van der Waals surface area (Å²) in [6.07, 6.45) is 3.92. The van der Waals surface area contributed by atoms with E-state index in [2.05, 4.69) is 17.0 Å². The first kappa shape index (κ1) is 12.9. The van der Waals surface area contributed by atoms with Crippen LogP contribution < -0.4 is 5.73 Å². The van der Waals surface area contributed by atoms with Crippen LogP contribution in [0.3, 0.4) is 0 Å². The van der Waals surface area contributed by atoms with Gasteiger partial charge in [-0.05, 0) is 20.0 Å². The van der Waals surface area contributed by atoms with Crippen molar-refractivity contribution in [3.05, 3.63) is 41.1 Å². The molecule has 0 radical (unpaired) electrons. The lowest BCUT2D eigenvalue weighted by molar-refractivity contribution is 0.316. The molecule has 2 rings (SSSR count). The van der Waals surface area contributed by atoms with Crippen molar-refractivity contribution in [3.8, 4) is 0 Å². The molecular formula is C13H20N4O. The minimum Gasteiger partial charge on any atom is -0.465 e. The maximum Gasteiger partial charge on any atom is 0.118 e. The smallest absolute Gasteiger partial charge is 0.118 e. The van der Waals surface area contributed by atoms with Gasteiger partial charge in [0.15, 0.2) is 0 Å². The van der Waals surface area contributed by atoms with Gasteiger partial charge in [0, 0.05) is 37.5 Å². The summed E-state index contributed by atoms with van der Waals surface area (Å²) >= 11 is 0. The molecule has 5 nitrogen and oxygen atoms in total. The molecule has 0 aliphatic carbocycles. The first-order valence-electron chi connectivity index (χ1n) is 6.03. The molecule has 5 heteroatoms. The Morgan fingerprint density at radius 2 is 2.22 bits per heavy atom. The number of aromatic nitrogens is 2. The van der Waals surface area contributed by atoms with Gasteiger partial charge in [0.25, 0.3) is 0 Å². The van der Waals surface area contributed by atoms with Crippen molar-refractivity contribution in [3.63, 3.8) is 0 Å². The molecule has 0 saturated heterocycles. The van der Waals surface area contributed by atoms with Crippen molar-refractivity contribution in [1.29, 1.82) is 0 Å². The van der Waals surface area contributed by atoms with Crippen LogP contribution in [0, 0.1) is 6.92 Å². The Morgan fingerprint density at radius 1 is 1.44 bits per heavy atom. The zero-order valence-electron chi connectivity index (χ0n) is 11.2. The van der Waals surface area contributed by atoms with Gasteiger partial charge in [-0.1, -0.05) is 0 Å². The first-order valence-corrected chi connectivity index (χ1v) is 6.03. The second-order valence-electron chi connectivity index (χ2n) is 4.69. The van der Waals surface area contributed by atoms with E-state index >= 15 is 0 Å². The Hall–Kier alpha value is -1.59. The third kappa shape index (κ3) is 3.00. The lowest BCUT2D eigenvalue weighted by Crippen LogP contribution is -2.17. The summed E-state index contributed by atoms with van der Waals surface area (Å²) < 4.78 is 7.37. The summed E-state index contributed by atoms with van der Waals surface area (Å²) in [6.45, 7) is 4.15. The van der Waals surface area contributed by atoms with Crippen molar-refractivity contribution in [1.82, 2.24) is 14.7 Å². The zero-order valence-corrected chi connectivity index (χ0v) is 11.2. The molecule has 2 N–H and O–H groups in total. The fourth-order valence-corrected chi connectivity index (χ4v) is 2.06. The molecule has 0 atom stereocenters. The van der Waals surface area contributed by atoms with Gasteiger partial charge in [0.1, 0.15) is 11.5 Å². The van der Waals surface area contributed by atoms with E-state index in [4.69, 9.17) is 10.2 Å². The molecule has 2 heterocycles. The number of nitrogens with two attached hydrogens (primary N) is 1. The average Bonchev–Trinajstić information content (AvgIpc) is 2.86. The quantitative estimate of drug-likeness (QED) is 0.869. The van der Waals surface area contributed by atoms with Crippen LogP contribution in [0.2, 0.25) is 0 Å². The van der Waals surface area contributed by atoms with Crippen molar-refractivity contribution >= 4 is 0 Å². The highest BCUT2D eigenvalue weighted by atomic mass is 16.3. The average molecular weight is 248 g/mol. The molecule has 0 spiro atoms. The largest absolute Gasteiger partial charge is 0.465 e. The number of nitrogens with zero attached hydrogens (tertiary/aromatic N) is 3. The van der Waals surface area contributed by atoms with Crippen molar-refractivity contribution in [2.75, 3.05) is 7.05 Å². The van der Waals surface area contributed by atoms with Crippen LogP contribution in [0.15, 0.2) is 22.9 Å². The maximum atomic E-state index is 5.57. The highest BCUT2D eigenvalue weighted by molar-refractivity contribution is 5.20. The molecule has 98 valence electrons. The van der Waals surface area contributed by atoms with Crippen LogP contribution in [-0.2, 0) is 26.7 Å². The van der Waals surface area contributed by atoms with Gasteiger partial charge >= 0.3 is 0 Å². The van der Waals surface area contributed by atoms with E-state index < -0.39 is 0 Å². The van der Waals surface area contributed by atoms with Crippen molar-refractivity contribution in [2.24, 2.45) is 12.8 Å². The predicted molar refractivity (Wildman–Crippen MR) is 69.7 cm³/mol. The lowest BCUT2D eigenvalue weighted by atomic mass is 10.2. The zero-order chi connectivity index (χ0) is 13.1. The maximum absolute atomic E-state index is 5.57. The molecule has 0 bridgehead atoms. The molecule has 0 aliphatic rings. The molecular weight excluding hydrogens is 228 g/mol. The van der Waals surface area contributed by atoms with Gasteiger partial charge in [-0.15, -0.1) is 0 Å². The SMILES string of the molecule is Cc1oc(CN)cc1CN(C)Cc1cnn(C)c1. The third-order valence-electron chi connectivity index (χ3n) is 2.92. The van der Waals surface area contributed by atoms with E-state index in [-0.39, 0.29) is 0 Å². The topological polar surface area (TPSA) is 60.2 Å². The summed E-state index contributed by atoms with van der Waals surface area (Å²) in [5, 5.41) is 4.17. The molecule has 2 aromatic rings. The van der Waals surface area contributed by atoms with E-state index in [1.807, 2.05) is 37.1 Å². The molecule has 0 fully saturated rings. The molecule has 2 aromatic heterocycles. The van der Waals surface area contributed by atoms with Gasteiger partial charge in [-0.3, -0.25) is 9.58 Å². The molecule has 0 aromatic carbocycles. The summed E-state index contributed by atoms with van der Waals surface area (Å²) in [6, 6.07) is 2.04. The molecule has 0 saturated carbocycles. The fraction of sp³-hybridized carbons (Fsp3) is 0.462.